The first kappa shape index (κ1) is 15.8. The first-order valence-corrected chi connectivity index (χ1v) is 6.96. The number of hydrogen-bond acceptors (Lipinski definition) is 1. The number of benzene rings is 2. The minimum Gasteiger partial charge on any atom is -0.378 e. The lowest BCUT2D eigenvalue weighted by molar-refractivity contribution is -0.137. The summed E-state index contributed by atoms with van der Waals surface area (Å²) in [7, 11) is 0. The second-order valence-electron chi connectivity index (χ2n) is 4.58. The summed E-state index contributed by atoms with van der Waals surface area (Å²) in [5, 5.41) is 2.72. The molecular formula is C15H12BrF4N. The monoisotopic (exact) mass is 361 g/mol. The second kappa shape index (κ2) is 6.05. The zero-order chi connectivity index (χ0) is 15.6. The van der Waals surface area contributed by atoms with Crippen molar-refractivity contribution in [3.05, 3.63) is 63.9 Å². The standard InChI is InChI=1S/C15H12BrF4N/c1-9(11-8-10(16)6-7-13(11)17)21-14-5-3-2-4-12(14)15(18,19)20/h2-9,21H,1H3. The molecule has 0 radical (unpaired) electrons. The molecule has 0 saturated heterocycles. The molecule has 0 aliphatic heterocycles. The van der Waals surface area contributed by atoms with Crippen LogP contribution in [-0.4, -0.2) is 0 Å². The van der Waals surface area contributed by atoms with Crippen LogP contribution in [0.2, 0.25) is 0 Å². The molecule has 1 nitrogen and oxygen atoms in total. The van der Waals surface area contributed by atoms with Crippen molar-refractivity contribution in [2.24, 2.45) is 0 Å². The smallest absolute Gasteiger partial charge is 0.378 e. The van der Waals surface area contributed by atoms with Crippen LogP contribution in [0.1, 0.15) is 24.1 Å². The Labute approximate surface area is 128 Å². The zero-order valence-corrected chi connectivity index (χ0v) is 12.6. The number of nitrogens with one attached hydrogen (secondary N) is 1. The first-order chi connectivity index (χ1) is 9.79. The molecule has 0 bridgehead atoms. The van der Waals surface area contributed by atoms with E-state index in [-0.39, 0.29) is 5.69 Å². The van der Waals surface area contributed by atoms with Crippen LogP contribution in [0.5, 0.6) is 0 Å². The van der Waals surface area contributed by atoms with Gasteiger partial charge in [0, 0.05) is 15.7 Å². The minimum atomic E-state index is -4.46. The summed E-state index contributed by atoms with van der Waals surface area (Å²) in [5.74, 6) is -0.470. The first-order valence-electron chi connectivity index (χ1n) is 6.16. The average molecular weight is 362 g/mol. The Bertz CT molecular complexity index is 640. The highest BCUT2D eigenvalue weighted by atomic mass is 79.9. The Morgan fingerprint density at radius 2 is 1.76 bits per heavy atom. The van der Waals surface area contributed by atoms with E-state index in [1.807, 2.05) is 0 Å². The SMILES string of the molecule is CC(Nc1ccccc1C(F)(F)F)c1cc(Br)ccc1F. The van der Waals surface area contributed by atoms with Gasteiger partial charge in [-0.2, -0.15) is 13.2 Å². The highest BCUT2D eigenvalue weighted by Gasteiger charge is 2.33. The van der Waals surface area contributed by atoms with Crippen LogP contribution in [0.3, 0.4) is 0 Å². The molecule has 0 aliphatic carbocycles. The van der Waals surface area contributed by atoms with Crippen LogP contribution < -0.4 is 5.32 Å². The van der Waals surface area contributed by atoms with Gasteiger partial charge in [0.2, 0.25) is 0 Å². The number of rotatable bonds is 3. The number of halogens is 5. The van der Waals surface area contributed by atoms with Crippen molar-refractivity contribution < 1.29 is 17.6 Å². The lowest BCUT2D eigenvalue weighted by Crippen LogP contribution is -2.14. The fourth-order valence-corrected chi connectivity index (χ4v) is 2.39. The van der Waals surface area contributed by atoms with Gasteiger partial charge in [-0.25, -0.2) is 4.39 Å². The zero-order valence-electron chi connectivity index (χ0n) is 11.0. The van der Waals surface area contributed by atoms with Gasteiger partial charge in [-0.15, -0.1) is 0 Å². The molecule has 0 aromatic heterocycles. The van der Waals surface area contributed by atoms with Crippen LogP contribution in [0.25, 0.3) is 0 Å². The molecule has 2 aromatic rings. The summed E-state index contributed by atoms with van der Waals surface area (Å²) in [5.41, 5.74) is -0.550. The Morgan fingerprint density at radius 1 is 1.10 bits per heavy atom. The second-order valence-corrected chi connectivity index (χ2v) is 5.49. The summed E-state index contributed by atoms with van der Waals surface area (Å²) in [6.07, 6.45) is -4.46. The van der Waals surface area contributed by atoms with E-state index in [4.69, 9.17) is 0 Å². The van der Waals surface area contributed by atoms with Crippen molar-refractivity contribution in [3.63, 3.8) is 0 Å². The third-order valence-corrected chi connectivity index (χ3v) is 3.52. The van der Waals surface area contributed by atoms with Gasteiger partial charge in [-0.1, -0.05) is 28.1 Å². The van der Waals surface area contributed by atoms with Crippen LogP contribution in [0.15, 0.2) is 46.9 Å². The number of anilines is 1. The molecule has 1 atom stereocenters. The Kier molecular flexibility index (Phi) is 4.56. The van der Waals surface area contributed by atoms with Crippen LogP contribution in [-0.2, 0) is 6.18 Å². The number of alkyl halides is 3. The van der Waals surface area contributed by atoms with Crippen molar-refractivity contribution in [2.45, 2.75) is 19.1 Å². The Morgan fingerprint density at radius 3 is 2.43 bits per heavy atom. The molecule has 0 amide bonds. The fourth-order valence-electron chi connectivity index (χ4n) is 2.01. The van der Waals surface area contributed by atoms with Gasteiger partial charge in [0.1, 0.15) is 5.82 Å². The third-order valence-electron chi connectivity index (χ3n) is 3.03. The molecule has 6 heteroatoms. The van der Waals surface area contributed by atoms with E-state index in [1.54, 1.807) is 13.0 Å². The molecule has 0 heterocycles. The van der Waals surface area contributed by atoms with Gasteiger partial charge >= 0.3 is 6.18 Å². The van der Waals surface area contributed by atoms with Crippen LogP contribution >= 0.6 is 15.9 Å². The quantitative estimate of drug-likeness (QED) is 0.683. The predicted molar refractivity (Wildman–Crippen MR) is 77.6 cm³/mol. The molecule has 0 saturated carbocycles. The average Bonchev–Trinajstić information content (AvgIpc) is 2.41. The summed E-state index contributed by atoms with van der Waals surface area (Å²) < 4.78 is 53.2. The van der Waals surface area contributed by atoms with E-state index < -0.39 is 23.6 Å². The molecular weight excluding hydrogens is 350 g/mol. The molecule has 2 rings (SSSR count). The number of hydrogen-bond donors (Lipinski definition) is 1. The van der Waals surface area contributed by atoms with Gasteiger partial charge in [-0.05, 0) is 37.3 Å². The van der Waals surface area contributed by atoms with Crippen molar-refractivity contribution in [1.82, 2.24) is 0 Å². The Balaban J connectivity index is 2.32. The maximum Gasteiger partial charge on any atom is 0.418 e. The van der Waals surface area contributed by atoms with Crippen molar-refractivity contribution >= 4 is 21.6 Å². The largest absolute Gasteiger partial charge is 0.418 e. The van der Waals surface area contributed by atoms with E-state index in [2.05, 4.69) is 21.2 Å². The van der Waals surface area contributed by atoms with Gasteiger partial charge in [0.25, 0.3) is 0 Å². The van der Waals surface area contributed by atoms with Gasteiger partial charge in [0.05, 0.1) is 11.6 Å². The van der Waals surface area contributed by atoms with Gasteiger partial charge in [-0.3, -0.25) is 0 Å². The van der Waals surface area contributed by atoms with Gasteiger partial charge in [0.15, 0.2) is 0 Å². The predicted octanol–water partition coefficient (Wildman–Crippen LogP) is 5.78. The van der Waals surface area contributed by atoms with Crippen molar-refractivity contribution in [2.75, 3.05) is 5.32 Å². The molecule has 0 aliphatic rings. The minimum absolute atomic E-state index is 0.0723. The van der Waals surface area contributed by atoms with E-state index >= 15 is 0 Å². The van der Waals surface area contributed by atoms with E-state index in [9.17, 15) is 17.6 Å². The molecule has 112 valence electrons. The van der Waals surface area contributed by atoms with E-state index in [1.165, 1.54) is 30.3 Å². The maximum absolute atomic E-state index is 13.8. The molecule has 1 N–H and O–H groups in total. The summed E-state index contributed by atoms with van der Waals surface area (Å²) in [6.45, 7) is 1.61. The van der Waals surface area contributed by atoms with Crippen LogP contribution in [0.4, 0.5) is 23.2 Å². The molecule has 0 fully saturated rings. The summed E-state index contributed by atoms with van der Waals surface area (Å²) in [4.78, 5) is 0. The maximum atomic E-state index is 13.8. The van der Waals surface area contributed by atoms with Crippen molar-refractivity contribution in [1.29, 1.82) is 0 Å². The van der Waals surface area contributed by atoms with Crippen molar-refractivity contribution in [3.8, 4) is 0 Å². The summed E-state index contributed by atoms with van der Waals surface area (Å²) >= 11 is 3.22. The topological polar surface area (TPSA) is 12.0 Å². The Hall–Kier alpha value is -1.56. The highest BCUT2D eigenvalue weighted by Crippen LogP contribution is 2.36. The van der Waals surface area contributed by atoms with E-state index in [0.717, 1.165) is 6.07 Å². The third kappa shape index (κ3) is 3.75. The van der Waals surface area contributed by atoms with Gasteiger partial charge < -0.3 is 5.32 Å². The normalized spacial score (nSPS) is 13.0. The molecule has 2 aromatic carbocycles. The molecule has 1 unspecified atom stereocenters. The number of para-hydroxylation sites is 1. The molecule has 0 spiro atoms. The summed E-state index contributed by atoms with van der Waals surface area (Å²) in [6, 6.07) is 8.89. The van der Waals surface area contributed by atoms with E-state index in [0.29, 0.717) is 10.0 Å². The van der Waals surface area contributed by atoms with Crippen LogP contribution in [0, 0.1) is 5.82 Å². The highest BCUT2D eigenvalue weighted by molar-refractivity contribution is 9.10. The lowest BCUT2D eigenvalue weighted by atomic mass is 10.1. The lowest BCUT2D eigenvalue weighted by Gasteiger charge is -2.20. The molecule has 21 heavy (non-hydrogen) atoms. The fraction of sp³-hybridized carbons (Fsp3) is 0.200.